The van der Waals surface area contributed by atoms with Crippen molar-refractivity contribution in [1.29, 1.82) is 0 Å². The maximum Gasteiger partial charge on any atom is 0.471 e. The third-order valence-electron chi connectivity index (χ3n) is 8.00. The molecule has 1 aromatic carbocycles. The van der Waals surface area contributed by atoms with E-state index in [0.717, 1.165) is 11.0 Å². The lowest BCUT2D eigenvalue weighted by Gasteiger charge is -2.40. The van der Waals surface area contributed by atoms with E-state index in [1.165, 1.54) is 0 Å². The van der Waals surface area contributed by atoms with Gasteiger partial charge in [0, 0.05) is 31.8 Å². The number of hydrogen-bond acceptors (Lipinski definition) is 5. The van der Waals surface area contributed by atoms with Gasteiger partial charge in [-0.3, -0.25) is 19.0 Å². The summed E-state index contributed by atoms with van der Waals surface area (Å²) in [6, 6.07) is -0.215. The maximum absolute atomic E-state index is 13.6. The smallest absolute Gasteiger partial charge is 0.381 e. The molecule has 9 nitrogen and oxygen atoms in total. The number of halogens is 6. The Bertz CT molecular complexity index is 1260. The second-order valence-electron chi connectivity index (χ2n) is 10.7. The summed E-state index contributed by atoms with van der Waals surface area (Å²) >= 11 is 0. The Labute approximate surface area is 227 Å². The second kappa shape index (κ2) is 10.6. The van der Waals surface area contributed by atoms with Crippen molar-refractivity contribution in [3.8, 4) is 0 Å². The van der Waals surface area contributed by atoms with E-state index in [-0.39, 0.29) is 68.2 Å². The summed E-state index contributed by atoms with van der Waals surface area (Å²) in [7, 11) is -4.14. The predicted molar refractivity (Wildman–Crippen MR) is 131 cm³/mol. The fraction of sp³-hybridized carbons (Fsp3) is 0.667. The van der Waals surface area contributed by atoms with E-state index in [1.807, 2.05) is 4.72 Å². The molecule has 2 atom stereocenters. The quantitative estimate of drug-likeness (QED) is 0.424. The van der Waals surface area contributed by atoms with Crippen molar-refractivity contribution in [3.05, 3.63) is 23.3 Å². The molecule has 1 saturated carbocycles. The van der Waals surface area contributed by atoms with Gasteiger partial charge in [0.1, 0.15) is 0 Å². The van der Waals surface area contributed by atoms with Crippen LogP contribution in [0.25, 0.3) is 0 Å². The molecule has 1 saturated heterocycles. The van der Waals surface area contributed by atoms with Crippen molar-refractivity contribution in [2.45, 2.75) is 76.9 Å². The van der Waals surface area contributed by atoms with Crippen LogP contribution < -0.4 is 14.8 Å². The van der Waals surface area contributed by atoms with Crippen LogP contribution in [-0.2, 0) is 37.3 Å². The van der Waals surface area contributed by atoms with Crippen LogP contribution >= 0.6 is 0 Å². The Balaban J connectivity index is 1.58. The van der Waals surface area contributed by atoms with Crippen molar-refractivity contribution in [2.75, 3.05) is 22.7 Å². The van der Waals surface area contributed by atoms with Crippen LogP contribution in [0.15, 0.2) is 12.1 Å². The van der Waals surface area contributed by atoms with Crippen molar-refractivity contribution >= 4 is 33.4 Å². The lowest BCUT2D eigenvalue weighted by atomic mass is 9.74. The molecule has 0 unspecified atom stereocenters. The zero-order valence-corrected chi connectivity index (χ0v) is 22.5. The molecule has 2 aliphatic heterocycles. The van der Waals surface area contributed by atoms with Gasteiger partial charge in [-0.15, -0.1) is 0 Å². The van der Waals surface area contributed by atoms with Gasteiger partial charge in [0.2, 0.25) is 5.91 Å². The van der Waals surface area contributed by atoms with E-state index in [4.69, 9.17) is 4.74 Å². The number of anilines is 2. The molecule has 2 heterocycles. The molecular formula is C24H30F6N4O5S. The Morgan fingerprint density at radius 3 is 2.30 bits per heavy atom. The summed E-state index contributed by atoms with van der Waals surface area (Å²) in [6.45, 7) is 3.36. The zero-order valence-electron chi connectivity index (χ0n) is 21.7. The molecule has 0 bridgehead atoms. The third kappa shape index (κ3) is 5.97. The predicted octanol–water partition coefficient (Wildman–Crippen LogP) is 4.17. The minimum Gasteiger partial charge on any atom is -0.381 e. The van der Waals surface area contributed by atoms with E-state index in [9.17, 15) is 44.3 Å². The van der Waals surface area contributed by atoms with Crippen LogP contribution in [0.4, 0.5) is 37.7 Å². The fourth-order valence-electron chi connectivity index (χ4n) is 5.88. The first-order valence-electron chi connectivity index (χ1n) is 12.7. The van der Waals surface area contributed by atoms with Crippen LogP contribution in [-0.4, -0.2) is 56.6 Å². The van der Waals surface area contributed by atoms with E-state index < -0.39 is 64.0 Å². The number of alkyl halides is 6. The third-order valence-corrected chi connectivity index (χ3v) is 8.96. The van der Waals surface area contributed by atoms with Crippen LogP contribution in [0, 0.1) is 11.3 Å². The number of benzene rings is 1. The maximum atomic E-state index is 13.6. The summed E-state index contributed by atoms with van der Waals surface area (Å²) < 4.78 is 114. The topological polar surface area (TPSA) is 117 Å². The summed E-state index contributed by atoms with van der Waals surface area (Å²) in [5.41, 5.74) is -2.94. The molecule has 0 spiro atoms. The number of nitrogens with one attached hydrogen (secondary N) is 3. The number of carbonyl (C=O) groups is 2. The second-order valence-corrected chi connectivity index (χ2v) is 12.1. The highest BCUT2D eigenvalue weighted by Gasteiger charge is 2.54. The standard InChI is InChI=1S/C24H30F6N4O5S/c1-13(2)22(6-3-17(11-22)34(21(36)24(28,29)30)16-4-7-39-8-5-16)20(35)31-12-14-9-15(23(25,26)27)10-18-19(14)33-40(37,38)32-18/h9-10,13,16-17,32-33H,3-8,11-12H2,1-2H3,(H,31,35)/t17-,22+/m1/s1. The highest BCUT2D eigenvalue weighted by molar-refractivity contribution is 7.94. The first-order valence-corrected chi connectivity index (χ1v) is 14.2. The van der Waals surface area contributed by atoms with Crippen LogP contribution in [0.3, 0.4) is 0 Å². The molecular weight excluding hydrogens is 570 g/mol. The number of hydrogen-bond donors (Lipinski definition) is 3. The van der Waals surface area contributed by atoms with Crippen molar-refractivity contribution in [1.82, 2.24) is 10.2 Å². The van der Waals surface area contributed by atoms with Gasteiger partial charge in [-0.25, -0.2) is 0 Å². The highest BCUT2D eigenvalue weighted by Crippen LogP contribution is 2.48. The molecule has 3 N–H and O–H groups in total. The SMILES string of the molecule is CC(C)[C@]1(C(=O)NCc2cc(C(F)(F)F)cc3c2NS(=O)(=O)N3)CC[C@@H](N(C(=O)C(F)(F)F)C2CCOCC2)C1. The summed E-state index contributed by atoms with van der Waals surface area (Å²) in [5, 5.41) is 2.58. The summed E-state index contributed by atoms with van der Waals surface area (Å²) in [4.78, 5) is 26.9. The molecule has 1 aliphatic carbocycles. The number of fused-ring (bicyclic) bond motifs is 1. The largest absolute Gasteiger partial charge is 0.471 e. The zero-order chi connectivity index (χ0) is 29.7. The molecule has 224 valence electrons. The normalized spacial score (nSPS) is 24.8. The Morgan fingerprint density at radius 1 is 1.07 bits per heavy atom. The lowest BCUT2D eigenvalue weighted by Crippen LogP contribution is -2.54. The molecule has 1 aromatic rings. The van der Waals surface area contributed by atoms with Gasteiger partial charge in [-0.1, -0.05) is 13.8 Å². The molecule has 0 radical (unpaired) electrons. The van der Waals surface area contributed by atoms with Crippen LogP contribution in [0.2, 0.25) is 0 Å². The first kappa shape index (κ1) is 30.2. The van der Waals surface area contributed by atoms with Crippen molar-refractivity contribution < 1.29 is 49.1 Å². The lowest BCUT2D eigenvalue weighted by molar-refractivity contribution is -0.192. The highest BCUT2D eigenvalue weighted by atomic mass is 32.2. The number of ether oxygens (including phenoxy) is 1. The minimum absolute atomic E-state index is 0.0649. The monoisotopic (exact) mass is 600 g/mol. The number of carbonyl (C=O) groups excluding carboxylic acids is 2. The van der Waals surface area contributed by atoms with Gasteiger partial charge in [-0.05, 0) is 55.7 Å². The van der Waals surface area contributed by atoms with Crippen LogP contribution in [0.5, 0.6) is 0 Å². The first-order chi connectivity index (χ1) is 18.4. The van der Waals surface area contributed by atoms with Gasteiger partial charge < -0.3 is 15.0 Å². The van der Waals surface area contributed by atoms with Gasteiger partial charge in [0.05, 0.1) is 22.4 Å². The molecule has 0 aromatic heterocycles. The molecule has 2 amide bonds. The number of rotatable bonds is 6. The molecule has 40 heavy (non-hydrogen) atoms. The van der Waals surface area contributed by atoms with E-state index in [0.29, 0.717) is 6.07 Å². The number of nitrogens with zero attached hydrogens (tertiary/aromatic N) is 1. The van der Waals surface area contributed by atoms with Gasteiger partial charge >= 0.3 is 28.5 Å². The molecule has 16 heteroatoms. The minimum atomic E-state index is -5.10. The van der Waals surface area contributed by atoms with Crippen molar-refractivity contribution in [3.63, 3.8) is 0 Å². The Hall–Kier alpha value is -2.75. The van der Waals surface area contributed by atoms with E-state index in [2.05, 4.69) is 10.0 Å². The molecule has 2 fully saturated rings. The number of amides is 2. The van der Waals surface area contributed by atoms with E-state index in [1.54, 1.807) is 13.8 Å². The average Bonchev–Trinajstić information content (AvgIpc) is 3.43. The van der Waals surface area contributed by atoms with E-state index >= 15 is 0 Å². The van der Waals surface area contributed by atoms with Gasteiger partial charge in [0.15, 0.2) is 0 Å². The average molecular weight is 601 g/mol. The van der Waals surface area contributed by atoms with Crippen molar-refractivity contribution in [2.24, 2.45) is 11.3 Å². The molecule has 4 rings (SSSR count). The Morgan fingerprint density at radius 2 is 1.73 bits per heavy atom. The van der Waals surface area contributed by atoms with Gasteiger partial charge in [-0.2, -0.15) is 34.8 Å². The summed E-state index contributed by atoms with van der Waals surface area (Å²) in [6.07, 6.45) is -9.22. The fourth-order valence-corrected chi connectivity index (χ4v) is 6.89. The van der Waals surface area contributed by atoms with Crippen LogP contribution in [0.1, 0.15) is 57.1 Å². The van der Waals surface area contributed by atoms with Gasteiger partial charge in [0.25, 0.3) is 0 Å². The Kier molecular flexibility index (Phi) is 7.99. The summed E-state index contributed by atoms with van der Waals surface area (Å²) in [5.74, 6) is -2.96. The molecule has 3 aliphatic rings.